The maximum Gasteiger partial charge on any atom is 0.179 e. The smallest absolute Gasteiger partial charge is 0.179 e. The molecule has 0 saturated carbocycles. The second kappa shape index (κ2) is 5.41. The standard InChI is InChI=1S/C14H9ClIN3O/c15-8-4-5-10(16)9(7-8)13-12(14(17)19-20-13)11-3-1-2-6-18-11/h1-7H,(H2,17,19). The molecule has 0 aliphatic carbocycles. The van der Waals surface area contributed by atoms with Crippen molar-refractivity contribution in [3.8, 4) is 22.6 Å². The summed E-state index contributed by atoms with van der Waals surface area (Å²) in [5.41, 5.74) is 8.17. The van der Waals surface area contributed by atoms with E-state index in [4.69, 9.17) is 21.9 Å². The quantitative estimate of drug-likeness (QED) is 0.657. The highest BCUT2D eigenvalue weighted by molar-refractivity contribution is 14.1. The average molecular weight is 398 g/mol. The topological polar surface area (TPSA) is 64.9 Å². The van der Waals surface area contributed by atoms with Crippen LogP contribution in [0.4, 0.5) is 5.82 Å². The molecule has 0 bridgehead atoms. The first kappa shape index (κ1) is 13.4. The summed E-state index contributed by atoms with van der Waals surface area (Å²) in [5.74, 6) is 0.891. The lowest BCUT2D eigenvalue weighted by Gasteiger charge is -2.04. The van der Waals surface area contributed by atoms with E-state index in [9.17, 15) is 0 Å². The fourth-order valence-corrected chi connectivity index (χ4v) is 2.67. The van der Waals surface area contributed by atoms with Crippen LogP contribution in [0.3, 0.4) is 0 Å². The van der Waals surface area contributed by atoms with Crippen molar-refractivity contribution in [1.82, 2.24) is 10.1 Å². The van der Waals surface area contributed by atoms with Gasteiger partial charge < -0.3 is 10.3 Å². The Morgan fingerprint density at radius 2 is 2.05 bits per heavy atom. The molecule has 2 heterocycles. The van der Waals surface area contributed by atoms with E-state index in [-0.39, 0.29) is 0 Å². The van der Waals surface area contributed by atoms with Crippen LogP contribution in [-0.2, 0) is 0 Å². The third-order valence-electron chi connectivity index (χ3n) is 2.81. The number of aromatic nitrogens is 2. The molecule has 0 saturated heterocycles. The van der Waals surface area contributed by atoms with Crippen LogP contribution < -0.4 is 5.73 Å². The first-order valence-electron chi connectivity index (χ1n) is 5.79. The molecule has 3 aromatic rings. The Hall–Kier alpha value is -1.60. The first-order chi connectivity index (χ1) is 9.66. The summed E-state index contributed by atoms with van der Waals surface area (Å²) in [7, 11) is 0. The van der Waals surface area contributed by atoms with Gasteiger partial charge in [-0.1, -0.05) is 22.8 Å². The number of nitrogens with two attached hydrogens (primary N) is 1. The van der Waals surface area contributed by atoms with Gasteiger partial charge in [0.05, 0.1) is 11.3 Å². The van der Waals surface area contributed by atoms with Crippen LogP contribution in [0.5, 0.6) is 0 Å². The van der Waals surface area contributed by atoms with Gasteiger partial charge in [-0.3, -0.25) is 4.98 Å². The highest BCUT2D eigenvalue weighted by atomic mass is 127. The molecule has 0 aliphatic heterocycles. The normalized spacial score (nSPS) is 10.7. The van der Waals surface area contributed by atoms with E-state index in [2.05, 4.69) is 32.7 Å². The molecule has 3 rings (SSSR count). The molecular weight excluding hydrogens is 389 g/mol. The molecule has 0 amide bonds. The monoisotopic (exact) mass is 397 g/mol. The number of anilines is 1. The third kappa shape index (κ3) is 2.38. The van der Waals surface area contributed by atoms with Gasteiger partial charge in [0.15, 0.2) is 11.6 Å². The molecule has 0 aliphatic rings. The third-order valence-corrected chi connectivity index (χ3v) is 3.99. The van der Waals surface area contributed by atoms with E-state index >= 15 is 0 Å². The van der Waals surface area contributed by atoms with Crippen molar-refractivity contribution in [3.63, 3.8) is 0 Å². The predicted octanol–water partition coefficient (Wildman–Crippen LogP) is 4.24. The Morgan fingerprint density at radius 1 is 1.20 bits per heavy atom. The van der Waals surface area contributed by atoms with Gasteiger partial charge in [-0.05, 0) is 52.9 Å². The number of nitrogen functional groups attached to an aromatic ring is 1. The Kier molecular flexibility index (Phi) is 3.62. The van der Waals surface area contributed by atoms with E-state index in [1.54, 1.807) is 6.20 Å². The summed E-state index contributed by atoms with van der Waals surface area (Å²) in [6, 6.07) is 11.2. The number of rotatable bonds is 2. The highest BCUT2D eigenvalue weighted by Crippen LogP contribution is 2.38. The molecule has 2 N–H and O–H groups in total. The average Bonchev–Trinajstić information content (AvgIpc) is 2.84. The van der Waals surface area contributed by atoms with Crippen molar-refractivity contribution in [2.45, 2.75) is 0 Å². The molecule has 4 nitrogen and oxygen atoms in total. The molecule has 0 unspecified atom stereocenters. The van der Waals surface area contributed by atoms with E-state index in [1.807, 2.05) is 36.4 Å². The largest absolute Gasteiger partial charge is 0.380 e. The summed E-state index contributed by atoms with van der Waals surface area (Å²) >= 11 is 8.28. The van der Waals surface area contributed by atoms with Gasteiger partial charge in [0, 0.05) is 20.4 Å². The molecule has 6 heteroatoms. The van der Waals surface area contributed by atoms with Gasteiger partial charge in [0.1, 0.15) is 0 Å². The fourth-order valence-electron chi connectivity index (χ4n) is 1.92. The van der Waals surface area contributed by atoms with Crippen LogP contribution in [0.25, 0.3) is 22.6 Å². The number of pyridine rings is 1. The molecular formula is C14H9ClIN3O. The van der Waals surface area contributed by atoms with E-state index in [1.165, 1.54) is 0 Å². The maximum absolute atomic E-state index is 6.06. The van der Waals surface area contributed by atoms with E-state index in [0.29, 0.717) is 22.2 Å². The summed E-state index contributed by atoms with van der Waals surface area (Å²) in [5, 5.41) is 4.48. The lowest BCUT2D eigenvalue weighted by molar-refractivity contribution is 0.436. The summed E-state index contributed by atoms with van der Waals surface area (Å²) in [6.07, 6.45) is 1.70. The number of hydrogen-bond acceptors (Lipinski definition) is 4. The van der Waals surface area contributed by atoms with Crippen LogP contribution in [0, 0.1) is 3.57 Å². The molecule has 20 heavy (non-hydrogen) atoms. The summed E-state index contributed by atoms with van der Waals surface area (Å²) in [4.78, 5) is 4.30. The molecule has 0 radical (unpaired) electrons. The zero-order chi connectivity index (χ0) is 14.1. The Labute approximate surface area is 134 Å². The highest BCUT2D eigenvalue weighted by Gasteiger charge is 2.20. The van der Waals surface area contributed by atoms with Crippen LogP contribution in [0.2, 0.25) is 5.02 Å². The van der Waals surface area contributed by atoms with Gasteiger partial charge in [-0.15, -0.1) is 0 Å². The Balaban J connectivity index is 2.24. The minimum Gasteiger partial charge on any atom is -0.380 e. The van der Waals surface area contributed by atoms with Crippen molar-refractivity contribution in [3.05, 3.63) is 51.2 Å². The van der Waals surface area contributed by atoms with Crippen LogP contribution in [-0.4, -0.2) is 10.1 Å². The van der Waals surface area contributed by atoms with Crippen molar-refractivity contribution >= 4 is 40.0 Å². The second-order valence-corrected chi connectivity index (χ2v) is 5.71. The summed E-state index contributed by atoms with van der Waals surface area (Å²) in [6.45, 7) is 0. The van der Waals surface area contributed by atoms with Crippen LogP contribution >= 0.6 is 34.2 Å². The SMILES string of the molecule is Nc1noc(-c2cc(Cl)ccc2I)c1-c1ccccn1. The van der Waals surface area contributed by atoms with E-state index in [0.717, 1.165) is 14.8 Å². The lowest BCUT2D eigenvalue weighted by atomic mass is 10.1. The lowest BCUT2D eigenvalue weighted by Crippen LogP contribution is -1.91. The Morgan fingerprint density at radius 3 is 2.80 bits per heavy atom. The van der Waals surface area contributed by atoms with E-state index < -0.39 is 0 Å². The molecule has 100 valence electrons. The zero-order valence-electron chi connectivity index (χ0n) is 10.2. The number of halogens is 2. The van der Waals surface area contributed by atoms with Gasteiger partial charge >= 0.3 is 0 Å². The maximum atomic E-state index is 6.06. The van der Waals surface area contributed by atoms with Crippen molar-refractivity contribution < 1.29 is 4.52 Å². The van der Waals surface area contributed by atoms with Crippen molar-refractivity contribution in [1.29, 1.82) is 0 Å². The number of hydrogen-bond donors (Lipinski definition) is 1. The summed E-state index contributed by atoms with van der Waals surface area (Å²) < 4.78 is 6.39. The minimum atomic E-state index is 0.314. The fraction of sp³-hybridized carbons (Fsp3) is 0. The van der Waals surface area contributed by atoms with Crippen LogP contribution in [0.1, 0.15) is 0 Å². The number of nitrogens with zero attached hydrogens (tertiary/aromatic N) is 2. The molecule has 0 fully saturated rings. The van der Waals surface area contributed by atoms with Crippen LogP contribution in [0.15, 0.2) is 47.1 Å². The van der Waals surface area contributed by atoms with Gasteiger partial charge in [-0.2, -0.15) is 0 Å². The zero-order valence-corrected chi connectivity index (χ0v) is 13.1. The van der Waals surface area contributed by atoms with Gasteiger partial charge in [-0.25, -0.2) is 0 Å². The van der Waals surface area contributed by atoms with Gasteiger partial charge in [0.2, 0.25) is 0 Å². The molecule has 0 atom stereocenters. The second-order valence-electron chi connectivity index (χ2n) is 4.11. The Bertz CT molecular complexity index is 758. The molecule has 0 spiro atoms. The van der Waals surface area contributed by atoms with Crippen molar-refractivity contribution in [2.75, 3.05) is 5.73 Å². The van der Waals surface area contributed by atoms with Gasteiger partial charge in [0.25, 0.3) is 0 Å². The molecule has 2 aromatic heterocycles. The number of benzene rings is 1. The molecule has 1 aromatic carbocycles. The van der Waals surface area contributed by atoms with Crippen molar-refractivity contribution in [2.24, 2.45) is 0 Å². The minimum absolute atomic E-state index is 0.314. The predicted molar refractivity (Wildman–Crippen MR) is 87.3 cm³/mol. The first-order valence-corrected chi connectivity index (χ1v) is 7.24.